The Hall–Kier alpha value is -0.0900. The summed E-state index contributed by atoms with van der Waals surface area (Å²) < 4.78 is 14.7. The van der Waals surface area contributed by atoms with Crippen LogP contribution >= 0.6 is 7.82 Å². The maximum Gasteiger partial charge on any atom is 0.469 e. The number of rotatable bonds is 15. The van der Waals surface area contributed by atoms with Crippen molar-refractivity contribution >= 4 is 7.82 Å². The van der Waals surface area contributed by atoms with Crippen molar-refractivity contribution in [3.63, 3.8) is 0 Å². The lowest BCUT2D eigenvalue weighted by Gasteiger charge is -2.11. The molecule has 1 unspecified atom stereocenters. The van der Waals surface area contributed by atoms with Crippen molar-refractivity contribution in [2.24, 2.45) is 0 Å². The summed E-state index contributed by atoms with van der Waals surface area (Å²) in [4.78, 5) is 26.1. The molecule has 0 aliphatic rings. The highest BCUT2D eigenvalue weighted by Gasteiger charge is 2.19. The van der Waals surface area contributed by atoms with Crippen LogP contribution in [-0.2, 0) is 34.0 Å². The van der Waals surface area contributed by atoms with Gasteiger partial charge in [-0.3, -0.25) is 4.52 Å². The normalized spacial score (nSPS) is 13.5. The van der Waals surface area contributed by atoms with E-state index < -0.39 is 13.9 Å². The SMILES string of the molecule is CCCCCCCCOOOOOCC(C)OP(=O)(O)O. The van der Waals surface area contributed by atoms with Gasteiger partial charge in [-0.15, -0.1) is 0 Å². The Morgan fingerprint density at radius 3 is 2.24 bits per heavy atom. The van der Waals surface area contributed by atoms with Crippen LogP contribution in [0, 0.1) is 0 Å². The van der Waals surface area contributed by atoms with Crippen LogP contribution in [0.4, 0.5) is 0 Å². The second-order valence-corrected chi connectivity index (χ2v) is 5.68. The zero-order valence-corrected chi connectivity index (χ0v) is 13.3. The summed E-state index contributed by atoms with van der Waals surface area (Å²) in [5.41, 5.74) is 0. The minimum absolute atomic E-state index is 0.258. The highest BCUT2D eigenvalue weighted by Crippen LogP contribution is 2.37. The van der Waals surface area contributed by atoms with Crippen molar-refractivity contribution in [3.8, 4) is 0 Å². The van der Waals surface area contributed by atoms with Crippen molar-refractivity contribution in [2.45, 2.75) is 58.5 Å². The van der Waals surface area contributed by atoms with Crippen molar-refractivity contribution < 1.29 is 43.8 Å². The molecular formula is C11H25O9P. The van der Waals surface area contributed by atoms with E-state index in [0.717, 1.165) is 19.3 Å². The molecule has 0 bridgehead atoms. The van der Waals surface area contributed by atoms with Crippen LogP contribution in [0.5, 0.6) is 0 Å². The molecule has 0 fully saturated rings. The molecule has 0 heterocycles. The molecule has 128 valence electrons. The second-order valence-electron chi connectivity index (χ2n) is 4.48. The summed E-state index contributed by atoms with van der Waals surface area (Å²) in [6, 6.07) is 0. The Labute approximate surface area is 124 Å². The van der Waals surface area contributed by atoms with Gasteiger partial charge in [-0.2, -0.15) is 0 Å². The summed E-state index contributed by atoms with van der Waals surface area (Å²) in [5.74, 6) is 0. The molecule has 0 aromatic carbocycles. The Balaban J connectivity index is 3.17. The average molecular weight is 332 g/mol. The van der Waals surface area contributed by atoms with Gasteiger partial charge in [-0.25, -0.2) is 14.3 Å². The molecule has 21 heavy (non-hydrogen) atoms. The van der Waals surface area contributed by atoms with Gasteiger partial charge in [-0.1, -0.05) is 39.0 Å². The zero-order chi connectivity index (χ0) is 16.0. The molecule has 0 aromatic heterocycles. The number of phosphoric ester groups is 1. The Bertz CT molecular complexity index is 270. The third-order valence-corrected chi connectivity index (χ3v) is 2.99. The molecule has 9 nitrogen and oxygen atoms in total. The molecule has 0 aliphatic heterocycles. The molecule has 0 spiro atoms. The van der Waals surface area contributed by atoms with Gasteiger partial charge in [0.25, 0.3) is 0 Å². The van der Waals surface area contributed by atoms with Crippen molar-refractivity contribution in [2.75, 3.05) is 13.2 Å². The first-order valence-corrected chi connectivity index (χ1v) is 8.47. The molecule has 1 atom stereocenters. The van der Waals surface area contributed by atoms with Gasteiger partial charge in [0, 0.05) is 0 Å². The molecule has 0 radical (unpaired) electrons. The molecule has 0 aromatic rings. The summed E-state index contributed by atoms with van der Waals surface area (Å²) in [7, 11) is -4.54. The van der Waals surface area contributed by atoms with Crippen molar-refractivity contribution in [3.05, 3.63) is 0 Å². The monoisotopic (exact) mass is 332 g/mol. The molecular weight excluding hydrogens is 307 g/mol. The molecule has 10 heteroatoms. The van der Waals surface area contributed by atoms with Crippen LogP contribution in [0.15, 0.2) is 0 Å². The lowest BCUT2D eigenvalue weighted by Crippen LogP contribution is -2.15. The van der Waals surface area contributed by atoms with Gasteiger partial charge in [0.1, 0.15) is 6.61 Å². The van der Waals surface area contributed by atoms with E-state index in [0.29, 0.717) is 6.61 Å². The van der Waals surface area contributed by atoms with Gasteiger partial charge >= 0.3 is 7.82 Å². The van der Waals surface area contributed by atoms with Gasteiger partial charge in [0.15, 0.2) is 0 Å². The van der Waals surface area contributed by atoms with Crippen LogP contribution in [-0.4, -0.2) is 29.1 Å². The summed E-state index contributed by atoms with van der Waals surface area (Å²) in [6.45, 7) is 3.66. The second kappa shape index (κ2) is 13.6. The van der Waals surface area contributed by atoms with E-state index in [1.807, 2.05) is 0 Å². The van der Waals surface area contributed by atoms with Crippen LogP contribution in [0.1, 0.15) is 52.4 Å². The van der Waals surface area contributed by atoms with E-state index in [4.69, 9.17) is 9.79 Å². The maximum atomic E-state index is 10.5. The number of hydrogen-bond acceptors (Lipinski definition) is 7. The van der Waals surface area contributed by atoms with E-state index in [-0.39, 0.29) is 6.61 Å². The molecule has 0 aliphatic carbocycles. The van der Waals surface area contributed by atoms with E-state index in [9.17, 15) is 4.57 Å². The lowest BCUT2D eigenvalue weighted by atomic mass is 10.1. The Morgan fingerprint density at radius 2 is 1.57 bits per heavy atom. The third kappa shape index (κ3) is 17.9. The molecule has 0 amide bonds. The highest BCUT2D eigenvalue weighted by atomic mass is 31.2. The fraction of sp³-hybridized carbons (Fsp3) is 1.00. The van der Waals surface area contributed by atoms with E-state index in [2.05, 4.69) is 36.3 Å². The standard InChI is InChI=1S/C11H25O9P/c1-3-4-5-6-7-8-9-15-18-20-19-16-10-11(2)17-21(12,13)14/h11H,3-10H2,1-2H3,(H2,12,13,14). The Morgan fingerprint density at radius 1 is 0.952 bits per heavy atom. The molecule has 0 saturated heterocycles. The van der Waals surface area contributed by atoms with E-state index in [1.165, 1.54) is 26.2 Å². The smallest absolute Gasteiger partial charge is 0.303 e. The summed E-state index contributed by atoms with van der Waals surface area (Å²) in [6.07, 6.45) is 5.87. The van der Waals surface area contributed by atoms with Gasteiger partial charge in [0.2, 0.25) is 0 Å². The minimum Gasteiger partial charge on any atom is -0.303 e. The first-order chi connectivity index (χ1) is 9.95. The predicted octanol–water partition coefficient (Wildman–Crippen LogP) is 2.59. The van der Waals surface area contributed by atoms with Crippen molar-refractivity contribution in [1.82, 2.24) is 0 Å². The molecule has 2 N–H and O–H groups in total. The third-order valence-electron chi connectivity index (χ3n) is 2.35. The first-order valence-electron chi connectivity index (χ1n) is 6.94. The van der Waals surface area contributed by atoms with Crippen molar-refractivity contribution in [1.29, 1.82) is 0 Å². The number of hydrogen-bond donors (Lipinski definition) is 2. The zero-order valence-electron chi connectivity index (χ0n) is 12.4. The number of unbranched alkanes of at least 4 members (excludes halogenated alkanes) is 5. The summed E-state index contributed by atoms with van der Waals surface area (Å²) >= 11 is 0. The average Bonchev–Trinajstić information content (AvgIpc) is 2.38. The van der Waals surface area contributed by atoms with E-state index in [1.54, 1.807) is 0 Å². The predicted molar refractivity (Wildman–Crippen MR) is 71.1 cm³/mol. The minimum atomic E-state index is -4.54. The topological polar surface area (TPSA) is 113 Å². The van der Waals surface area contributed by atoms with Gasteiger partial charge in [-0.05, 0) is 28.5 Å². The lowest BCUT2D eigenvalue weighted by molar-refractivity contribution is -0.709. The number of phosphoric acid groups is 1. The van der Waals surface area contributed by atoms with Crippen LogP contribution < -0.4 is 0 Å². The largest absolute Gasteiger partial charge is 0.469 e. The van der Waals surface area contributed by atoms with Crippen LogP contribution in [0.3, 0.4) is 0 Å². The van der Waals surface area contributed by atoms with Gasteiger partial charge < -0.3 is 9.79 Å². The maximum absolute atomic E-state index is 10.5. The first kappa shape index (κ1) is 20.9. The highest BCUT2D eigenvalue weighted by molar-refractivity contribution is 7.46. The fourth-order valence-electron chi connectivity index (χ4n) is 1.41. The molecule has 0 saturated carbocycles. The fourth-order valence-corrected chi connectivity index (χ4v) is 1.94. The quantitative estimate of drug-likeness (QED) is 0.202. The van der Waals surface area contributed by atoms with Crippen LogP contribution in [0.25, 0.3) is 0 Å². The van der Waals surface area contributed by atoms with Gasteiger partial charge in [0.05, 0.1) is 12.7 Å². The van der Waals surface area contributed by atoms with Crippen LogP contribution in [0.2, 0.25) is 0 Å². The Kier molecular flexibility index (Phi) is 13.5. The van der Waals surface area contributed by atoms with E-state index >= 15 is 0 Å². The summed E-state index contributed by atoms with van der Waals surface area (Å²) in [5, 5.41) is 12.4. The molecule has 0 rings (SSSR count).